The second kappa shape index (κ2) is 12.4. The maximum absolute atomic E-state index is 13.0. The highest BCUT2D eigenvalue weighted by Gasteiger charge is 2.37. The quantitative estimate of drug-likeness (QED) is 0.371. The molecule has 10 heteroatoms. The minimum absolute atomic E-state index is 0.335. The van der Waals surface area contributed by atoms with Crippen LogP contribution >= 0.6 is 11.8 Å². The first-order chi connectivity index (χ1) is 15.2. The molecule has 0 aromatic heterocycles. The third kappa shape index (κ3) is 7.23. The summed E-state index contributed by atoms with van der Waals surface area (Å²) in [6.07, 6.45) is 3.59. The summed E-state index contributed by atoms with van der Waals surface area (Å²) in [6.45, 7) is 1.87. The third-order valence-corrected chi connectivity index (χ3v) is 6.08. The molecule has 5 N–H and O–H groups in total. The van der Waals surface area contributed by atoms with Crippen LogP contribution in [0.5, 0.6) is 0 Å². The van der Waals surface area contributed by atoms with E-state index in [1.807, 2.05) is 36.6 Å². The average Bonchev–Trinajstić information content (AvgIpc) is 3.26. The number of amides is 3. The zero-order valence-corrected chi connectivity index (χ0v) is 19.3. The lowest BCUT2D eigenvalue weighted by Gasteiger charge is -2.28. The van der Waals surface area contributed by atoms with Crippen LogP contribution in [0.15, 0.2) is 30.3 Å². The molecule has 3 amide bonds. The molecule has 1 aliphatic heterocycles. The summed E-state index contributed by atoms with van der Waals surface area (Å²) in [5, 5.41) is 14.7. The lowest BCUT2D eigenvalue weighted by atomic mass is 10.1. The highest BCUT2D eigenvalue weighted by molar-refractivity contribution is 7.98. The highest BCUT2D eigenvalue weighted by Crippen LogP contribution is 2.19. The molecule has 0 radical (unpaired) electrons. The van der Waals surface area contributed by atoms with Gasteiger partial charge in [-0.3, -0.25) is 14.4 Å². The summed E-state index contributed by atoms with van der Waals surface area (Å²) in [5.74, 6) is -1.81. The minimum atomic E-state index is -1.04. The summed E-state index contributed by atoms with van der Waals surface area (Å²) < 4.78 is 0. The molecule has 0 spiro atoms. The molecule has 0 aliphatic carbocycles. The molecule has 2 rings (SSSR count). The van der Waals surface area contributed by atoms with E-state index in [0.717, 1.165) is 5.56 Å². The van der Waals surface area contributed by atoms with Gasteiger partial charge in [0.25, 0.3) is 0 Å². The van der Waals surface area contributed by atoms with Crippen molar-refractivity contribution in [2.24, 2.45) is 5.73 Å². The number of aliphatic carboxylic acids is 1. The van der Waals surface area contributed by atoms with Gasteiger partial charge in [-0.25, -0.2) is 4.79 Å². The predicted molar refractivity (Wildman–Crippen MR) is 123 cm³/mol. The zero-order chi connectivity index (χ0) is 23.7. The van der Waals surface area contributed by atoms with Crippen LogP contribution in [-0.4, -0.2) is 76.4 Å². The maximum Gasteiger partial charge on any atom is 0.326 e. The third-order valence-electron chi connectivity index (χ3n) is 5.43. The SMILES string of the molecule is CSCCC(NC(=O)C(C)NC(=O)C(N)Cc1ccccc1)C(=O)N1CCCC1C(=O)O. The van der Waals surface area contributed by atoms with Gasteiger partial charge in [0.15, 0.2) is 0 Å². The average molecular weight is 465 g/mol. The summed E-state index contributed by atoms with van der Waals surface area (Å²) in [4.78, 5) is 50.9. The Labute approximate surface area is 192 Å². The number of hydrogen-bond donors (Lipinski definition) is 4. The van der Waals surface area contributed by atoms with E-state index in [9.17, 15) is 24.3 Å². The van der Waals surface area contributed by atoms with Gasteiger partial charge in [-0.05, 0) is 50.2 Å². The van der Waals surface area contributed by atoms with Gasteiger partial charge in [-0.2, -0.15) is 11.8 Å². The Kier molecular flexibility index (Phi) is 9.98. The zero-order valence-electron chi connectivity index (χ0n) is 18.5. The molecule has 4 atom stereocenters. The van der Waals surface area contributed by atoms with E-state index in [2.05, 4.69) is 10.6 Å². The van der Waals surface area contributed by atoms with E-state index in [1.54, 1.807) is 0 Å². The van der Waals surface area contributed by atoms with Gasteiger partial charge in [0, 0.05) is 6.54 Å². The number of carbonyl (C=O) groups excluding carboxylic acids is 3. The smallest absolute Gasteiger partial charge is 0.326 e. The fourth-order valence-corrected chi connectivity index (χ4v) is 4.10. The Balaban J connectivity index is 1.96. The van der Waals surface area contributed by atoms with Crippen molar-refractivity contribution in [3.63, 3.8) is 0 Å². The van der Waals surface area contributed by atoms with Gasteiger partial charge in [-0.1, -0.05) is 30.3 Å². The number of rotatable bonds is 11. The van der Waals surface area contributed by atoms with Crippen molar-refractivity contribution in [1.29, 1.82) is 0 Å². The topological polar surface area (TPSA) is 142 Å². The van der Waals surface area contributed by atoms with Crippen molar-refractivity contribution in [2.45, 2.75) is 56.8 Å². The van der Waals surface area contributed by atoms with Crippen molar-refractivity contribution in [2.75, 3.05) is 18.6 Å². The molecule has 1 fully saturated rings. The molecular formula is C22H32N4O5S. The molecule has 1 aromatic rings. The van der Waals surface area contributed by atoms with E-state index in [0.29, 0.717) is 38.0 Å². The second-order valence-corrected chi connectivity index (χ2v) is 8.88. The second-order valence-electron chi connectivity index (χ2n) is 7.90. The van der Waals surface area contributed by atoms with Crippen molar-refractivity contribution < 1.29 is 24.3 Å². The molecule has 1 heterocycles. The molecule has 0 saturated carbocycles. The lowest BCUT2D eigenvalue weighted by molar-refractivity contribution is -0.149. The van der Waals surface area contributed by atoms with Crippen LogP contribution in [0.25, 0.3) is 0 Å². The van der Waals surface area contributed by atoms with E-state index >= 15 is 0 Å². The fraction of sp³-hybridized carbons (Fsp3) is 0.545. The lowest BCUT2D eigenvalue weighted by Crippen LogP contribution is -2.56. The van der Waals surface area contributed by atoms with Crippen LogP contribution in [0, 0.1) is 0 Å². The van der Waals surface area contributed by atoms with E-state index in [4.69, 9.17) is 5.73 Å². The van der Waals surface area contributed by atoms with Gasteiger partial charge in [0.05, 0.1) is 6.04 Å². The number of carboxylic acid groups (broad SMARTS) is 1. The first kappa shape index (κ1) is 25.7. The Bertz CT molecular complexity index is 807. The number of carbonyl (C=O) groups is 4. The number of carboxylic acids is 1. The number of nitrogens with one attached hydrogen (secondary N) is 2. The Morgan fingerprint density at radius 2 is 1.88 bits per heavy atom. The first-order valence-electron chi connectivity index (χ1n) is 10.7. The molecular weight excluding hydrogens is 432 g/mol. The van der Waals surface area contributed by atoms with Crippen LogP contribution in [0.4, 0.5) is 0 Å². The molecule has 1 saturated heterocycles. The standard InChI is InChI=1S/C22H32N4O5S/c1-14(24-20(28)16(23)13-15-7-4-3-5-8-15)19(27)25-17(10-12-32-2)21(29)26-11-6-9-18(26)22(30)31/h3-5,7-8,14,16-18H,6,9-13,23H2,1-2H3,(H,24,28)(H,25,27)(H,30,31). The van der Waals surface area contributed by atoms with Crippen LogP contribution in [0.3, 0.4) is 0 Å². The van der Waals surface area contributed by atoms with Gasteiger partial charge in [-0.15, -0.1) is 0 Å². The molecule has 176 valence electrons. The normalized spacial score (nSPS) is 18.5. The summed E-state index contributed by atoms with van der Waals surface area (Å²) >= 11 is 1.52. The largest absolute Gasteiger partial charge is 0.480 e. The van der Waals surface area contributed by atoms with E-state index in [1.165, 1.54) is 23.6 Å². The monoisotopic (exact) mass is 464 g/mol. The number of nitrogens with two attached hydrogens (primary N) is 1. The molecule has 1 aliphatic rings. The summed E-state index contributed by atoms with van der Waals surface area (Å²) in [7, 11) is 0. The van der Waals surface area contributed by atoms with Crippen molar-refractivity contribution in [3.05, 3.63) is 35.9 Å². The van der Waals surface area contributed by atoms with Gasteiger partial charge in [0.1, 0.15) is 18.1 Å². The molecule has 9 nitrogen and oxygen atoms in total. The number of thioether (sulfide) groups is 1. The number of nitrogens with zero attached hydrogens (tertiary/aromatic N) is 1. The molecule has 32 heavy (non-hydrogen) atoms. The van der Waals surface area contributed by atoms with Gasteiger partial charge >= 0.3 is 5.97 Å². The Hall–Kier alpha value is -2.59. The van der Waals surface area contributed by atoms with Crippen molar-refractivity contribution in [1.82, 2.24) is 15.5 Å². The van der Waals surface area contributed by atoms with Crippen LogP contribution in [-0.2, 0) is 25.6 Å². The van der Waals surface area contributed by atoms with Crippen molar-refractivity contribution in [3.8, 4) is 0 Å². The van der Waals surface area contributed by atoms with E-state index in [-0.39, 0.29) is 0 Å². The highest BCUT2D eigenvalue weighted by atomic mass is 32.2. The molecule has 4 unspecified atom stereocenters. The Morgan fingerprint density at radius 1 is 1.19 bits per heavy atom. The summed E-state index contributed by atoms with van der Waals surface area (Å²) in [6, 6.07) is 5.88. The minimum Gasteiger partial charge on any atom is -0.480 e. The number of hydrogen-bond acceptors (Lipinski definition) is 6. The Morgan fingerprint density at radius 3 is 2.50 bits per heavy atom. The maximum atomic E-state index is 13.0. The predicted octanol–water partition coefficient (Wildman–Crippen LogP) is 0.375. The van der Waals surface area contributed by atoms with Gasteiger partial charge in [0.2, 0.25) is 17.7 Å². The summed E-state index contributed by atoms with van der Waals surface area (Å²) in [5.41, 5.74) is 6.89. The van der Waals surface area contributed by atoms with Crippen LogP contribution in [0.2, 0.25) is 0 Å². The van der Waals surface area contributed by atoms with Crippen molar-refractivity contribution >= 4 is 35.5 Å². The van der Waals surface area contributed by atoms with Crippen LogP contribution in [0.1, 0.15) is 31.7 Å². The molecule has 0 bridgehead atoms. The van der Waals surface area contributed by atoms with Gasteiger partial charge < -0.3 is 26.4 Å². The number of likely N-dealkylation sites (tertiary alicyclic amines) is 1. The van der Waals surface area contributed by atoms with E-state index < -0.39 is 47.9 Å². The fourth-order valence-electron chi connectivity index (χ4n) is 3.62. The number of benzene rings is 1. The molecule has 1 aromatic carbocycles. The first-order valence-corrected chi connectivity index (χ1v) is 12.1. The van der Waals surface area contributed by atoms with Crippen LogP contribution < -0.4 is 16.4 Å².